The van der Waals surface area contributed by atoms with Gasteiger partial charge in [0.1, 0.15) is 0 Å². The van der Waals surface area contributed by atoms with Gasteiger partial charge in [0, 0.05) is 19.9 Å². The molecule has 2 N–H and O–H groups in total. The van der Waals surface area contributed by atoms with E-state index < -0.39 is 0 Å². The average molecular weight is 162 g/mol. The summed E-state index contributed by atoms with van der Waals surface area (Å²) in [4.78, 5) is 0. The molecule has 0 aliphatic rings. The summed E-state index contributed by atoms with van der Waals surface area (Å²) in [5.74, 6) is 5.83. The molecule has 0 saturated carbocycles. The van der Waals surface area contributed by atoms with Gasteiger partial charge < -0.3 is 0 Å². The van der Waals surface area contributed by atoms with Crippen LogP contribution in [0.25, 0.3) is 5.65 Å². The fourth-order valence-electron chi connectivity index (χ4n) is 1.43. The van der Waals surface area contributed by atoms with Gasteiger partial charge in [-0.15, -0.1) is 4.68 Å². The van der Waals surface area contributed by atoms with Gasteiger partial charge in [-0.2, -0.15) is 4.40 Å². The van der Waals surface area contributed by atoms with Gasteiger partial charge in [-0.05, 0) is 6.07 Å². The standard InChI is InChI=1S/C9H12N3/c1-7-8(2)12(10)9-5-3-4-6-11(7)9/h3-6H,10H2,1-2H3/q+1. The first-order chi connectivity index (χ1) is 5.72. The van der Waals surface area contributed by atoms with E-state index >= 15 is 0 Å². The van der Waals surface area contributed by atoms with Crippen molar-refractivity contribution in [3.05, 3.63) is 35.8 Å². The molecule has 0 radical (unpaired) electrons. The van der Waals surface area contributed by atoms with Gasteiger partial charge in [0.15, 0.2) is 11.4 Å². The fraction of sp³-hybridized carbons (Fsp3) is 0.222. The minimum Gasteiger partial charge on any atom is -0.268 e. The molecular weight excluding hydrogens is 150 g/mol. The monoisotopic (exact) mass is 162 g/mol. The smallest absolute Gasteiger partial charge is 0.268 e. The number of nitrogens with zero attached hydrogens (tertiary/aromatic N) is 2. The van der Waals surface area contributed by atoms with Crippen LogP contribution in [0, 0.1) is 13.8 Å². The van der Waals surface area contributed by atoms with Crippen LogP contribution in [0.3, 0.4) is 0 Å². The molecule has 0 spiro atoms. The Bertz CT molecular complexity index is 390. The van der Waals surface area contributed by atoms with Crippen molar-refractivity contribution in [3.8, 4) is 0 Å². The molecule has 3 nitrogen and oxygen atoms in total. The average Bonchev–Trinajstić information content (AvgIpc) is 2.33. The van der Waals surface area contributed by atoms with Crippen molar-refractivity contribution in [2.24, 2.45) is 0 Å². The van der Waals surface area contributed by atoms with Crippen LogP contribution in [0.1, 0.15) is 11.4 Å². The third-order valence-corrected chi connectivity index (χ3v) is 2.33. The predicted molar refractivity (Wildman–Crippen MR) is 47.2 cm³/mol. The first-order valence-electron chi connectivity index (χ1n) is 3.95. The van der Waals surface area contributed by atoms with Crippen molar-refractivity contribution < 1.29 is 4.40 Å². The van der Waals surface area contributed by atoms with Crippen molar-refractivity contribution in [2.75, 3.05) is 5.84 Å². The highest BCUT2D eigenvalue weighted by molar-refractivity contribution is 5.34. The van der Waals surface area contributed by atoms with Crippen molar-refractivity contribution in [1.82, 2.24) is 4.68 Å². The molecule has 2 aromatic heterocycles. The summed E-state index contributed by atoms with van der Waals surface area (Å²) < 4.78 is 3.78. The Morgan fingerprint density at radius 3 is 2.75 bits per heavy atom. The van der Waals surface area contributed by atoms with Crippen LogP contribution < -0.4 is 10.2 Å². The van der Waals surface area contributed by atoms with Gasteiger partial charge in [-0.1, -0.05) is 6.07 Å². The van der Waals surface area contributed by atoms with E-state index in [0.717, 1.165) is 11.3 Å². The molecule has 12 heavy (non-hydrogen) atoms. The van der Waals surface area contributed by atoms with E-state index in [-0.39, 0.29) is 0 Å². The predicted octanol–water partition coefficient (Wildman–Crippen LogP) is 0.557. The first kappa shape index (κ1) is 7.16. The van der Waals surface area contributed by atoms with Gasteiger partial charge in [-0.3, -0.25) is 5.84 Å². The second-order valence-electron chi connectivity index (χ2n) is 2.97. The lowest BCUT2D eigenvalue weighted by molar-refractivity contribution is -0.518. The molecule has 2 rings (SSSR count). The molecule has 0 amide bonds. The lowest BCUT2D eigenvalue weighted by Crippen LogP contribution is -2.23. The summed E-state index contributed by atoms with van der Waals surface area (Å²) in [6, 6.07) is 5.98. The Morgan fingerprint density at radius 1 is 1.33 bits per heavy atom. The second kappa shape index (κ2) is 2.24. The highest BCUT2D eigenvalue weighted by Gasteiger charge is 2.15. The lowest BCUT2D eigenvalue weighted by Gasteiger charge is -1.85. The summed E-state index contributed by atoms with van der Waals surface area (Å²) >= 11 is 0. The Kier molecular flexibility index (Phi) is 1.33. The molecule has 0 aliphatic heterocycles. The number of aryl methyl sites for hydroxylation is 1. The molecular formula is C9H12N3+. The number of nitrogens with two attached hydrogens (primary N) is 1. The fourth-order valence-corrected chi connectivity index (χ4v) is 1.43. The number of rotatable bonds is 0. The molecule has 2 heterocycles. The molecule has 2 aromatic rings. The van der Waals surface area contributed by atoms with E-state index in [4.69, 9.17) is 5.84 Å². The van der Waals surface area contributed by atoms with E-state index in [1.54, 1.807) is 4.68 Å². The molecule has 0 saturated heterocycles. The number of hydrogen-bond acceptors (Lipinski definition) is 1. The minimum absolute atomic E-state index is 1.02. The number of pyridine rings is 1. The molecule has 0 unspecified atom stereocenters. The molecule has 0 atom stereocenters. The van der Waals surface area contributed by atoms with Crippen LogP contribution >= 0.6 is 0 Å². The molecule has 0 aliphatic carbocycles. The quantitative estimate of drug-likeness (QED) is 0.446. The maximum atomic E-state index is 5.83. The Labute approximate surface area is 71.0 Å². The number of fused-ring (bicyclic) bond motifs is 1. The lowest BCUT2D eigenvalue weighted by atomic mass is 10.4. The summed E-state index contributed by atoms with van der Waals surface area (Å²) in [5.41, 5.74) is 3.31. The highest BCUT2D eigenvalue weighted by atomic mass is 15.3. The van der Waals surface area contributed by atoms with Crippen LogP contribution in [0.4, 0.5) is 0 Å². The molecule has 62 valence electrons. The van der Waals surface area contributed by atoms with E-state index in [2.05, 4.69) is 11.3 Å². The Hall–Kier alpha value is -1.51. The summed E-state index contributed by atoms with van der Waals surface area (Å²) in [7, 11) is 0. The minimum atomic E-state index is 1.02. The topological polar surface area (TPSA) is 35.0 Å². The number of hydrogen-bond donors (Lipinski definition) is 1. The van der Waals surface area contributed by atoms with Crippen LogP contribution in [-0.2, 0) is 0 Å². The van der Waals surface area contributed by atoms with Crippen molar-refractivity contribution in [3.63, 3.8) is 0 Å². The van der Waals surface area contributed by atoms with Crippen molar-refractivity contribution >= 4 is 5.65 Å². The number of nitrogen functional groups attached to an aromatic ring is 1. The van der Waals surface area contributed by atoms with Crippen molar-refractivity contribution in [1.29, 1.82) is 0 Å². The van der Waals surface area contributed by atoms with Crippen LogP contribution in [-0.4, -0.2) is 4.68 Å². The van der Waals surface area contributed by atoms with Gasteiger partial charge in [0.05, 0.1) is 6.20 Å². The summed E-state index contributed by atoms with van der Waals surface area (Å²) in [6.45, 7) is 4.08. The maximum Gasteiger partial charge on any atom is 0.309 e. The number of imidazole rings is 1. The third-order valence-electron chi connectivity index (χ3n) is 2.33. The van der Waals surface area contributed by atoms with Gasteiger partial charge >= 0.3 is 5.65 Å². The third kappa shape index (κ3) is 0.733. The second-order valence-corrected chi connectivity index (χ2v) is 2.97. The van der Waals surface area contributed by atoms with Gasteiger partial charge in [0.25, 0.3) is 0 Å². The van der Waals surface area contributed by atoms with Crippen LogP contribution in [0.5, 0.6) is 0 Å². The van der Waals surface area contributed by atoms with Crippen LogP contribution in [0.15, 0.2) is 24.4 Å². The Balaban J connectivity index is 2.99. The molecule has 0 fully saturated rings. The SMILES string of the molecule is Cc1c(C)[n+]2ccccc2n1N. The largest absolute Gasteiger partial charge is 0.309 e. The van der Waals surface area contributed by atoms with Crippen LogP contribution in [0.2, 0.25) is 0 Å². The molecule has 0 aromatic carbocycles. The first-order valence-corrected chi connectivity index (χ1v) is 3.95. The summed E-state index contributed by atoms with van der Waals surface area (Å²) in [6.07, 6.45) is 2.01. The zero-order valence-electron chi connectivity index (χ0n) is 7.28. The molecule has 0 bridgehead atoms. The zero-order chi connectivity index (χ0) is 8.72. The van der Waals surface area contributed by atoms with Crippen molar-refractivity contribution in [2.45, 2.75) is 13.8 Å². The van der Waals surface area contributed by atoms with Gasteiger partial charge in [0.2, 0.25) is 0 Å². The normalized spacial score (nSPS) is 10.8. The summed E-state index contributed by atoms with van der Waals surface area (Å²) in [5, 5.41) is 0. The number of aromatic nitrogens is 2. The van der Waals surface area contributed by atoms with E-state index in [0.29, 0.717) is 0 Å². The van der Waals surface area contributed by atoms with E-state index in [9.17, 15) is 0 Å². The highest BCUT2D eigenvalue weighted by Crippen LogP contribution is 2.04. The zero-order valence-corrected chi connectivity index (χ0v) is 7.28. The van der Waals surface area contributed by atoms with E-state index in [1.165, 1.54) is 5.69 Å². The Morgan fingerprint density at radius 2 is 2.08 bits per heavy atom. The molecule has 3 heteroatoms. The van der Waals surface area contributed by atoms with E-state index in [1.807, 2.05) is 31.3 Å². The van der Waals surface area contributed by atoms with Gasteiger partial charge in [-0.25, -0.2) is 0 Å². The maximum absolute atomic E-state index is 5.83.